The van der Waals surface area contributed by atoms with Crippen molar-refractivity contribution in [1.29, 1.82) is 0 Å². The number of nitrogens with zero attached hydrogens (tertiary/aromatic N) is 3. The van der Waals surface area contributed by atoms with Crippen molar-refractivity contribution in [2.45, 2.75) is 33.4 Å². The fraction of sp³-hybridized carbons (Fsp3) is 0.450. The number of aryl methyl sites for hydroxylation is 1. The lowest BCUT2D eigenvalue weighted by Crippen LogP contribution is -2.47. The predicted octanol–water partition coefficient (Wildman–Crippen LogP) is 2.15. The van der Waals surface area contributed by atoms with Crippen LogP contribution >= 0.6 is 0 Å². The standard InChI is InChI=1S/C20H29N5O2/c1-14(2)18(22-19(26)16-9-7-6-8-15(16)3)20(27)21-17-10-11-25(23-17)13-12-24(4)5/h6-11,14,18H,12-13H2,1-5H3,(H,22,26)(H,21,23,27). The largest absolute Gasteiger partial charge is 0.340 e. The van der Waals surface area contributed by atoms with Crippen molar-refractivity contribution in [3.8, 4) is 0 Å². The fourth-order valence-corrected chi connectivity index (χ4v) is 2.64. The minimum atomic E-state index is -0.649. The molecule has 2 aromatic rings. The Bertz CT molecular complexity index is 782. The van der Waals surface area contributed by atoms with Crippen molar-refractivity contribution in [2.24, 2.45) is 5.92 Å². The van der Waals surface area contributed by atoms with Gasteiger partial charge in [0.15, 0.2) is 5.82 Å². The first-order valence-electron chi connectivity index (χ1n) is 9.13. The molecule has 0 aliphatic rings. The summed E-state index contributed by atoms with van der Waals surface area (Å²) in [5, 5.41) is 10.0. The van der Waals surface area contributed by atoms with Crippen LogP contribution in [-0.2, 0) is 11.3 Å². The van der Waals surface area contributed by atoms with Crippen molar-refractivity contribution in [2.75, 3.05) is 26.0 Å². The molecule has 0 radical (unpaired) electrons. The predicted molar refractivity (Wildman–Crippen MR) is 107 cm³/mol. The number of rotatable bonds is 8. The molecule has 1 atom stereocenters. The number of amides is 2. The maximum absolute atomic E-state index is 12.7. The van der Waals surface area contributed by atoms with Gasteiger partial charge in [0, 0.05) is 24.4 Å². The van der Waals surface area contributed by atoms with E-state index in [-0.39, 0.29) is 17.7 Å². The molecule has 1 aromatic carbocycles. The van der Waals surface area contributed by atoms with Gasteiger partial charge in [-0.1, -0.05) is 32.0 Å². The fourth-order valence-electron chi connectivity index (χ4n) is 2.64. The topological polar surface area (TPSA) is 79.3 Å². The normalized spacial score (nSPS) is 12.3. The van der Waals surface area contributed by atoms with Crippen LogP contribution in [0.15, 0.2) is 36.5 Å². The molecule has 0 fully saturated rings. The van der Waals surface area contributed by atoms with E-state index in [1.54, 1.807) is 16.8 Å². The van der Waals surface area contributed by atoms with E-state index in [1.807, 2.05) is 59.3 Å². The highest BCUT2D eigenvalue weighted by molar-refractivity contribution is 6.01. The Kier molecular flexibility index (Phi) is 7.12. The number of carbonyl (C=O) groups is 2. The highest BCUT2D eigenvalue weighted by atomic mass is 16.2. The summed E-state index contributed by atoms with van der Waals surface area (Å²) in [6.07, 6.45) is 1.83. The van der Waals surface area contributed by atoms with Crippen molar-refractivity contribution < 1.29 is 9.59 Å². The lowest BCUT2D eigenvalue weighted by atomic mass is 10.0. The number of likely N-dealkylation sites (N-methyl/N-ethyl adjacent to an activating group) is 1. The van der Waals surface area contributed by atoms with Gasteiger partial charge in [-0.05, 0) is 38.6 Å². The zero-order chi connectivity index (χ0) is 20.0. The number of aromatic nitrogens is 2. The quantitative estimate of drug-likeness (QED) is 0.745. The maximum atomic E-state index is 12.7. The summed E-state index contributed by atoms with van der Waals surface area (Å²) in [7, 11) is 3.99. The van der Waals surface area contributed by atoms with Crippen LogP contribution < -0.4 is 10.6 Å². The molecule has 1 unspecified atom stereocenters. The molecular formula is C20H29N5O2. The van der Waals surface area contributed by atoms with Crippen LogP contribution in [0.1, 0.15) is 29.8 Å². The molecule has 0 aliphatic carbocycles. The number of benzene rings is 1. The lowest BCUT2D eigenvalue weighted by molar-refractivity contribution is -0.118. The summed E-state index contributed by atoms with van der Waals surface area (Å²) in [5.74, 6) is -0.105. The second-order valence-electron chi connectivity index (χ2n) is 7.27. The van der Waals surface area contributed by atoms with Gasteiger partial charge in [0.2, 0.25) is 5.91 Å². The number of carbonyl (C=O) groups excluding carboxylic acids is 2. The molecule has 2 rings (SSSR count). The zero-order valence-electron chi connectivity index (χ0n) is 16.7. The van der Waals surface area contributed by atoms with Gasteiger partial charge in [0.05, 0.1) is 6.54 Å². The first kappa shape index (κ1) is 20.6. The molecule has 1 aromatic heterocycles. The molecule has 0 spiro atoms. The summed E-state index contributed by atoms with van der Waals surface area (Å²) in [4.78, 5) is 27.3. The Morgan fingerprint density at radius 1 is 1.19 bits per heavy atom. The number of anilines is 1. The average molecular weight is 371 g/mol. The van der Waals surface area contributed by atoms with E-state index in [0.717, 1.165) is 18.7 Å². The SMILES string of the molecule is Cc1ccccc1C(=O)NC(C(=O)Nc1ccn(CCN(C)C)n1)C(C)C. The summed E-state index contributed by atoms with van der Waals surface area (Å²) in [6.45, 7) is 7.27. The van der Waals surface area contributed by atoms with Crippen molar-refractivity contribution in [3.05, 3.63) is 47.7 Å². The van der Waals surface area contributed by atoms with Gasteiger partial charge < -0.3 is 15.5 Å². The maximum Gasteiger partial charge on any atom is 0.252 e. The number of hydrogen-bond donors (Lipinski definition) is 2. The summed E-state index contributed by atoms with van der Waals surface area (Å²) >= 11 is 0. The van der Waals surface area contributed by atoms with Gasteiger partial charge in [-0.25, -0.2) is 0 Å². The minimum Gasteiger partial charge on any atom is -0.340 e. The van der Waals surface area contributed by atoms with Gasteiger partial charge in [0.25, 0.3) is 5.91 Å². The molecule has 0 aliphatic heterocycles. The molecule has 2 amide bonds. The molecule has 0 saturated carbocycles. The van der Waals surface area contributed by atoms with E-state index in [2.05, 4.69) is 20.6 Å². The summed E-state index contributed by atoms with van der Waals surface area (Å²) in [6, 6.07) is 8.43. The zero-order valence-corrected chi connectivity index (χ0v) is 16.7. The van der Waals surface area contributed by atoms with Crippen molar-refractivity contribution in [3.63, 3.8) is 0 Å². The third kappa shape index (κ3) is 5.92. The average Bonchev–Trinajstić information content (AvgIpc) is 3.05. The van der Waals surface area contributed by atoms with Crippen molar-refractivity contribution >= 4 is 17.6 Å². The van der Waals surface area contributed by atoms with E-state index < -0.39 is 6.04 Å². The van der Waals surface area contributed by atoms with E-state index in [0.29, 0.717) is 11.4 Å². The Hall–Kier alpha value is -2.67. The van der Waals surface area contributed by atoms with Crippen LogP contribution in [0.3, 0.4) is 0 Å². The Balaban J connectivity index is 2.03. The van der Waals surface area contributed by atoms with Gasteiger partial charge in [-0.2, -0.15) is 5.10 Å². The molecule has 7 heteroatoms. The highest BCUT2D eigenvalue weighted by Crippen LogP contribution is 2.11. The van der Waals surface area contributed by atoms with Crippen LogP contribution in [-0.4, -0.2) is 53.2 Å². The van der Waals surface area contributed by atoms with Gasteiger partial charge in [-0.3, -0.25) is 14.3 Å². The second-order valence-corrected chi connectivity index (χ2v) is 7.27. The third-order valence-electron chi connectivity index (χ3n) is 4.29. The number of nitrogens with one attached hydrogen (secondary N) is 2. The van der Waals surface area contributed by atoms with Crippen LogP contribution in [0, 0.1) is 12.8 Å². The van der Waals surface area contributed by atoms with Crippen molar-refractivity contribution in [1.82, 2.24) is 20.0 Å². The molecule has 27 heavy (non-hydrogen) atoms. The minimum absolute atomic E-state index is 0.0613. The molecule has 7 nitrogen and oxygen atoms in total. The van der Waals surface area contributed by atoms with Crippen LogP contribution in [0.25, 0.3) is 0 Å². The second kappa shape index (κ2) is 9.32. The Morgan fingerprint density at radius 3 is 2.52 bits per heavy atom. The highest BCUT2D eigenvalue weighted by Gasteiger charge is 2.25. The Morgan fingerprint density at radius 2 is 1.89 bits per heavy atom. The molecule has 0 saturated heterocycles. The smallest absolute Gasteiger partial charge is 0.252 e. The third-order valence-corrected chi connectivity index (χ3v) is 4.29. The van der Waals surface area contributed by atoms with Gasteiger partial charge in [0.1, 0.15) is 6.04 Å². The van der Waals surface area contributed by atoms with Gasteiger partial charge in [-0.15, -0.1) is 0 Å². The molecule has 0 bridgehead atoms. The first-order valence-corrected chi connectivity index (χ1v) is 9.13. The van der Waals surface area contributed by atoms with Crippen LogP contribution in [0.5, 0.6) is 0 Å². The van der Waals surface area contributed by atoms with E-state index in [4.69, 9.17) is 0 Å². The first-order chi connectivity index (χ1) is 12.8. The van der Waals surface area contributed by atoms with E-state index in [9.17, 15) is 9.59 Å². The molecular weight excluding hydrogens is 342 g/mol. The molecule has 146 valence electrons. The van der Waals surface area contributed by atoms with Crippen LogP contribution in [0.2, 0.25) is 0 Å². The molecule has 1 heterocycles. The van der Waals surface area contributed by atoms with E-state index in [1.165, 1.54) is 0 Å². The molecule has 2 N–H and O–H groups in total. The lowest BCUT2D eigenvalue weighted by Gasteiger charge is -2.21. The number of hydrogen-bond acceptors (Lipinski definition) is 4. The summed E-state index contributed by atoms with van der Waals surface area (Å²) in [5.41, 5.74) is 1.45. The monoisotopic (exact) mass is 371 g/mol. The van der Waals surface area contributed by atoms with Gasteiger partial charge >= 0.3 is 0 Å². The Labute approximate surface area is 160 Å². The van der Waals surface area contributed by atoms with E-state index >= 15 is 0 Å². The summed E-state index contributed by atoms with van der Waals surface area (Å²) < 4.78 is 1.78. The van der Waals surface area contributed by atoms with Crippen LogP contribution in [0.4, 0.5) is 5.82 Å².